The first-order valence-electron chi connectivity index (χ1n) is 8.37. The smallest absolute Gasteiger partial charge is 0.331 e. The number of ether oxygens (including phenoxy) is 1. The van der Waals surface area contributed by atoms with Gasteiger partial charge in [0.15, 0.2) is 0 Å². The van der Waals surface area contributed by atoms with E-state index in [9.17, 15) is 14.4 Å². The first-order valence-corrected chi connectivity index (χ1v) is 8.37. The molecule has 2 amide bonds. The number of benzene rings is 1. The molecular formula is C19H24N2O4. The van der Waals surface area contributed by atoms with Crippen LogP contribution in [0.5, 0.6) is 0 Å². The van der Waals surface area contributed by atoms with Crippen LogP contribution in [0.2, 0.25) is 0 Å². The van der Waals surface area contributed by atoms with Crippen LogP contribution in [-0.2, 0) is 14.3 Å². The number of hydrogen-bond acceptors (Lipinski definition) is 4. The van der Waals surface area contributed by atoms with Gasteiger partial charge in [-0.15, -0.1) is 0 Å². The lowest BCUT2D eigenvalue weighted by molar-refractivity contribution is -0.149. The molecule has 2 rings (SSSR count). The number of carbonyl (C=O) groups is 3. The third kappa shape index (κ3) is 5.17. The molecule has 0 radical (unpaired) electrons. The molecule has 1 aromatic rings. The summed E-state index contributed by atoms with van der Waals surface area (Å²) < 4.78 is 4.72. The van der Waals surface area contributed by atoms with E-state index in [0.29, 0.717) is 18.0 Å². The predicted molar refractivity (Wildman–Crippen MR) is 94.8 cm³/mol. The van der Waals surface area contributed by atoms with Crippen molar-refractivity contribution in [1.82, 2.24) is 10.6 Å². The normalized spacial score (nSPS) is 16.1. The highest BCUT2D eigenvalue weighted by atomic mass is 16.5. The molecule has 1 fully saturated rings. The molecule has 0 bridgehead atoms. The van der Waals surface area contributed by atoms with Gasteiger partial charge in [-0.3, -0.25) is 9.59 Å². The van der Waals surface area contributed by atoms with Crippen LogP contribution in [0.1, 0.15) is 49.0 Å². The van der Waals surface area contributed by atoms with Crippen molar-refractivity contribution in [3.05, 3.63) is 41.5 Å². The molecular weight excluding hydrogens is 320 g/mol. The minimum Gasteiger partial charge on any atom is -0.467 e. The molecule has 0 spiro atoms. The molecule has 1 aliphatic carbocycles. The maximum absolute atomic E-state index is 12.0. The summed E-state index contributed by atoms with van der Waals surface area (Å²) in [4.78, 5) is 35.7. The molecule has 0 aromatic heterocycles. The number of hydrogen-bond donors (Lipinski definition) is 2. The van der Waals surface area contributed by atoms with E-state index in [1.165, 1.54) is 13.2 Å². The summed E-state index contributed by atoms with van der Waals surface area (Å²) in [5.41, 5.74) is 0.327. The molecule has 1 saturated carbocycles. The van der Waals surface area contributed by atoms with Gasteiger partial charge in [0.25, 0.3) is 5.91 Å². The lowest BCUT2D eigenvalue weighted by Gasteiger charge is -2.25. The summed E-state index contributed by atoms with van der Waals surface area (Å²) in [5, 5.41) is 5.58. The van der Waals surface area contributed by atoms with Crippen LogP contribution >= 0.6 is 0 Å². The van der Waals surface area contributed by atoms with Gasteiger partial charge in [-0.2, -0.15) is 0 Å². The molecule has 1 atom stereocenters. The first-order chi connectivity index (χ1) is 11.9. The third-order valence-electron chi connectivity index (χ3n) is 4.25. The SMILES string of the molecule is CC[C@@](C)(NC(=O)/C=C\c1ccc(C(=O)NC2CC2)cc1)C(=O)OC. The predicted octanol–water partition coefficient (Wildman–Crippen LogP) is 2.05. The van der Waals surface area contributed by atoms with Crippen molar-refractivity contribution in [1.29, 1.82) is 0 Å². The highest BCUT2D eigenvalue weighted by Crippen LogP contribution is 2.19. The third-order valence-corrected chi connectivity index (χ3v) is 4.25. The van der Waals surface area contributed by atoms with Crippen molar-refractivity contribution in [2.75, 3.05) is 7.11 Å². The maximum Gasteiger partial charge on any atom is 0.331 e. The average molecular weight is 344 g/mol. The average Bonchev–Trinajstić information content (AvgIpc) is 3.43. The molecule has 0 saturated heterocycles. The largest absolute Gasteiger partial charge is 0.467 e. The van der Waals surface area contributed by atoms with Gasteiger partial charge in [0.05, 0.1) is 7.11 Å². The standard InChI is InChI=1S/C19H24N2O4/c1-4-19(2,18(24)25-3)21-16(22)12-7-13-5-8-14(9-6-13)17(23)20-15-10-11-15/h5-9,12,15H,4,10-11H2,1-3H3,(H,20,23)(H,21,22)/b12-7-/t19-/m1/s1. The molecule has 1 aromatic carbocycles. The number of carbonyl (C=O) groups excluding carboxylic acids is 3. The van der Waals surface area contributed by atoms with Crippen LogP contribution in [0, 0.1) is 0 Å². The Morgan fingerprint density at radius 3 is 2.40 bits per heavy atom. The Kier molecular flexibility index (Phi) is 5.96. The van der Waals surface area contributed by atoms with Gasteiger partial charge in [0, 0.05) is 17.7 Å². The second kappa shape index (κ2) is 7.96. The monoisotopic (exact) mass is 344 g/mol. The van der Waals surface area contributed by atoms with Gasteiger partial charge < -0.3 is 15.4 Å². The van der Waals surface area contributed by atoms with E-state index in [2.05, 4.69) is 10.6 Å². The van der Waals surface area contributed by atoms with E-state index in [1.54, 1.807) is 44.2 Å². The number of esters is 1. The molecule has 6 nitrogen and oxygen atoms in total. The van der Waals surface area contributed by atoms with Crippen molar-refractivity contribution in [3.8, 4) is 0 Å². The van der Waals surface area contributed by atoms with Crippen LogP contribution < -0.4 is 10.6 Å². The lowest BCUT2D eigenvalue weighted by atomic mass is 9.99. The van der Waals surface area contributed by atoms with E-state index in [0.717, 1.165) is 18.4 Å². The summed E-state index contributed by atoms with van der Waals surface area (Å²) in [6, 6.07) is 7.30. The fraction of sp³-hybridized carbons (Fsp3) is 0.421. The van der Waals surface area contributed by atoms with Gasteiger partial charge >= 0.3 is 5.97 Å². The number of nitrogens with one attached hydrogen (secondary N) is 2. The second-order valence-corrected chi connectivity index (χ2v) is 6.37. The van der Waals surface area contributed by atoms with Gasteiger partial charge in [0.2, 0.25) is 5.91 Å². The minimum absolute atomic E-state index is 0.0763. The van der Waals surface area contributed by atoms with Crippen molar-refractivity contribution >= 4 is 23.9 Å². The Labute approximate surface area is 147 Å². The van der Waals surface area contributed by atoms with Crippen molar-refractivity contribution in [2.45, 2.75) is 44.7 Å². The van der Waals surface area contributed by atoms with Gasteiger partial charge in [-0.05, 0) is 50.0 Å². The van der Waals surface area contributed by atoms with Crippen molar-refractivity contribution in [3.63, 3.8) is 0 Å². The van der Waals surface area contributed by atoms with Gasteiger partial charge in [-0.25, -0.2) is 4.79 Å². The molecule has 0 heterocycles. The zero-order chi connectivity index (χ0) is 18.4. The van der Waals surface area contributed by atoms with Crippen LogP contribution in [0.25, 0.3) is 6.08 Å². The van der Waals surface area contributed by atoms with Crippen molar-refractivity contribution < 1.29 is 19.1 Å². The minimum atomic E-state index is -1.05. The highest BCUT2D eigenvalue weighted by molar-refractivity contribution is 5.97. The maximum atomic E-state index is 12.0. The van der Waals surface area contributed by atoms with Crippen LogP contribution in [0.3, 0.4) is 0 Å². The fourth-order valence-corrected chi connectivity index (χ4v) is 2.24. The zero-order valence-electron chi connectivity index (χ0n) is 14.8. The van der Waals surface area contributed by atoms with E-state index in [4.69, 9.17) is 4.74 Å². The molecule has 2 N–H and O–H groups in total. The summed E-state index contributed by atoms with van der Waals surface area (Å²) in [5.74, 6) is -0.944. The Bertz CT molecular complexity index is 677. The topological polar surface area (TPSA) is 84.5 Å². The lowest BCUT2D eigenvalue weighted by Crippen LogP contribution is -2.51. The molecule has 0 aliphatic heterocycles. The number of rotatable bonds is 7. The van der Waals surface area contributed by atoms with Crippen LogP contribution in [0.15, 0.2) is 30.3 Å². The van der Waals surface area contributed by atoms with Crippen LogP contribution in [0.4, 0.5) is 0 Å². The number of methoxy groups -OCH3 is 1. The molecule has 6 heteroatoms. The zero-order valence-corrected chi connectivity index (χ0v) is 14.8. The Balaban J connectivity index is 1.94. The Hall–Kier alpha value is -2.63. The van der Waals surface area contributed by atoms with E-state index < -0.39 is 11.5 Å². The summed E-state index contributed by atoms with van der Waals surface area (Å²) in [6.45, 7) is 3.42. The van der Waals surface area contributed by atoms with Crippen LogP contribution in [-0.4, -0.2) is 36.5 Å². The second-order valence-electron chi connectivity index (χ2n) is 6.37. The molecule has 0 unspecified atom stereocenters. The summed E-state index contributed by atoms with van der Waals surface area (Å²) >= 11 is 0. The van der Waals surface area contributed by atoms with E-state index >= 15 is 0 Å². The van der Waals surface area contributed by atoms with Gasteiger partial charge in [0.1, 0.15) is 5.54 Å². The van der Waals surface area contributed by atoms with Gasteiger partial charge in [-0.1, -0.05) is 19.1 Å². The fourth-order valence-electron chi connectivity index (χ4n) is 2.24. The number of amides is 2. The molecule has 1 aliphatic rings. The summed E-state index contributed by atoms with van der Waals surface area (Å²) in [7, 11) is 1.29. The highest BCUT2D eigenvalue weighted by Gasteiger charge is 2.33. The first kappa shape index (κ1) is 18.7. The quantitative estimate of drug-likeness (QED) is 0.586. The van der Waals surface area contributed by atoms with E-state index in [1.807, 2.05) is 0 Å². The Morgan fingerprint density at radius 2 is 1.88 bits per heavy atom. The molecule has 25 heavy (non-hydrogen) atoms. The molecule has 134 valence electrons. The van der Waals surface area contributed by atoms with Crippen molar-refractivity contribution in [2.24, 2.45) is 0 Å². The summed E-state index contributed by atoms with van der Waals surface area (Å²) in [6.07, 6.45) is 5.50. The Morgan fingerprint density at radius 1 is 1.24 bits per heavy atom. The van der Waals surface area contributed by atoms with E-state index in [-0.39, 0.29) is 11.8 Å².